The van der Waals surface area contributed by atoms with Crippen LogP contribution in [0.4, 0.5) is 13.2 Å². The van der Waals surface area contributed by atoms with E-state index in [1.54, 1.807) is 6.08 Å². The SMILES string of the molecule is C=CC[C@H](N)c1cc(OC)cc(C(F)(F)F)c1. The van der Waals surface area contributed by atoms with Gasteiger partial charge in [0.25, 0.3) is 0 Å². The molecule has 0 aliphatic carbocycles. The second-order valence-electron chi connectivity index (χ2n) is 3.62. The molecule has 0 aliphatic heterocycles. The van der Waals surface area contributed by atoms with E-state index < -0.39 is 17.8 Å². The quantitative estimate of drug-likeness (QED) is 0.826. The standard InChI is InChI=1S/C12H14F3NO/c1-3-4-11(16)8-5-9(12(13,14)15)7-10(6-8)17-2/h3,5-7,11H,1,4,16H2,2H3/t11-/m0/s1. The summed E-state index contributed by atoms with van der Waals surface area (Å²) in [5.74, 6) is 0.148. The van der Waals surface area contributed by atoms with Gasteiger partial charge in [-0.1, -0.05) is 6.08 Å². The summed E-state index contributed by atoms with van der Waals surface area (Å²) in [5.41, 5.74) is 5.37. The lowest BCUT2D eigenvalue weighted by molar-refractivity contribution is -0.137. The minimum Gasteiger partial charge on any atom is -0.497 e. The molecule has 0 saturated heterocycles. The Hall–Kier alpha value is -1.49. The summed E-state index contributed by atoms with van der Waals surface area (Å²) in [6, 6.07) is 2.98. The van der Waals surface area contributed by atoms with Crippen molar-refractivity contribution >= 4 is 0 Å². The Morgan fingerprint density at radius 2 is 2.06 bits per heavy atom. The molecule has 2 N–H and O–H groups in total. The normalized spacial score (nSPS) is 13.2. The van der Waals surface area contributed by atoms with Gasteiger partial charge in [-0.15, -0.1) is 6.58 Å². The number of hydrogen-bond donors (Lipinski definition) is 1. The number of nitrogens with two attached hydrogens (primary N) is 1. The van der Waals surface area contributed by atoms with Gasteiger partial charge in [-0.05, 0) is 30.2 Å². The van der Waals surface area contributed by atoms with Crippen LogP contribution < -0.4 is 10.5 Å². The van der Waals surface area contributed by atoms with Gasteiger partial charge in [0.15, 0.2) is 0 Å². The molecular formula is C12H14F3NO. The van der Waals surface area contributed by atoms with Crippen molar-refractivity contribution in [1.82, 2.24) is 0 Å². The molecule has 2 nitrogen and oxygen atoms in total. The predicted octanol–water partition coefficient (Wildman–Crippen LogP) is 3.29. The summed E-state index contributed by atoms with van der Waals surface area (Å²) in [6.07, 6.45) is -2.43. The third-order valence-corrected chi connectivity index (χ3v) is 2.34. The minimum absolute atomic E-state index is 0.148. The van der Waals surface area contributed by atoms with E-state index in [0.717, 1.165) is 12.1 Å². The van der Waals surface area contributed by atoms with E-state index in [9.17, 15) is 13.2 Å². The highest BCUT2D eigenvalue weighted by Crippen LogP contribution is 2.34. The van der Waals surface area contributed by atoms with Crippen LogP contribution in [0.2, 0.25) is 0 Å². The van der Waals surface area contributed by atoms with Crippen molar-refractivity contribution in [2.24, 2.45) is 5.73 Å². The zero-order chi connectivity index (χ0) is 13.1. The zero-order valence-corrected chi connectivity index (χ0v) is 9.42. The summed E-state index contributed by atoms with van der Waals surface area (Å²) < 4.78 is 42.7. The molecule has 5 heteroatoms. The van der Waals surface area contributed by atoms with Crippen molar-refractivity contribution in [3.05, 3.63) is 42.0 Å². The molecule has 0 unspecified atom stereocenters. The molecule has 1 atom stereocenters. The summed E-state index contributed by atoms with van der Waals surface area (Å²) >= 11 is 0. The molecule has 0 saturated carbocycles. The average molecular weight is 245 g/mol. The minimum atomic E-state index is -4.41. The molecule has 1 aromatic carbocycles. The Bertz CT molecular complexity index is 401. The van der Waals surface area contributed by atoms with Crippen molar-refractivity contribution < 1.29 is 17.9 Å². The van der Waals surface area contributed by atoms with Gasteiger partial charge in [-0.3, -0.25) is 0 Å². The van der Waals surface area contributed by atoms with Crippen LogP contribution in [-0.2, 0) is 6.18 Å². The molecule has 0 amide bonds. The second kappa shape index (κ2) is 5.23. The summed E-state index contributed by atoms with van der Waals surface area (Å²) in [5, 5.41) is 0. The van der Waals surface area contributed by atoms with Gasteiger partial charge in [0.1, 0.15) is 5.75 Å². The van der Waals surface area contributed by atoms with Crippen LogP contribution in [0, 0.1) is 0 Å². The maximum Gasteiger partial charge on any atom is 0.416 e. The number of alkyl halides is 3. The van der Waals surface area contributed by atoms with Gasteiger partial charge in [-0.2, -0.15) is 13.2 Å². The monoisotopic (exact) mass is 245 g/mol. The van der Waals surface area contributed by atoms with Gasteiger partial charge in [0, 0.05) is 6.04 Å². The van der Waals surface area contributed by atoms with E-state index in [1.165, 1.54) is 13.2 Å². The molecule has 0 fully saturated rings. The number of benzene rings is 1. The highest BCUT2D eigenvalue weighted by molar-refractivity contribution is 5.37. The Labute approximate surface area is 97.9 Å². The molecule has 0 heterocycles. The smallest absolute Gasteiger partial charge is 0.416 e. The molecule has 0 aromatic heterocycles. The molecule has 0 bridgehead atoms. The lowest BCUT2D eigenvalue weighted by Gasteiger charge is -2.15. The van der Waals surface area contributed by atoms with Crippen LogP contribution in [-0.4, -0.2) is 7.11 Å². The van der Waals surface area contributed by atoms with Crippen LogP contribution in [0.25, 0.3) is 0 Å². The lowest BCUT2D eigenvalue weighted by atomic mass is 10.0. The van der Waals surface area contributed by atoms with E-state index in [-0.39, 0.29) is 5.75 Å². The van der Waals surface area contributed by atoms with Crippen LogP contribution in [0.3, 0.4) is 0 Å². The number of hydrogen-bond acceptors (Lipinski definition) is 2. The first kappa shape index (κ1) is 13.6. The Morgan fingerprint density at radius 1 is 1.41 bits per heavy atom. The summed E-state index contributed by atoms with van der Waals surface area (Å²) in [6.45, 7) is 3.51. The first-order valence-corrected chi connectivity index (χ1v) is 5.01. The Balaban J connectivity index is 3.18. The number of halogens is 3. The predicted molar refractivity (Wildman–Crippen MR) is 59.7 cm³/mol. The first-order valence-electron chi connectivity index (χ1n) is 5.01. The number of methoxy groups -OCH3 is 1. The highest BCUT2D eigenvalue weighted by atomic mass is 19.4. The molecule has 1 rings (SSSR count). The van der Waals surface area contributed by atoms with E-state index in [2.05, 4.69) is 6.58 Å². The number of ether oxygens (including phenoxy) is 1. The molecule has 0 aliphatic rings. The van der Waals surface area contributed by atoms with Gasteiger partial charge in [0.2, 0.25) is 0 Å². The fourth-order valence-electron chi connectivity index (χ4n) is 1.43. The van der Waals surface area contributed by atoms with Crippen LogP contribution in [0.5, 0.6) is 5.75 Å². The van der Waals surface area contributed by atoms with E-state index in [1.807, 2.05) is 0 Å². The van der Waals surface area contributed by atoms with E-state index >= 15 is 0 Å². The Kier molecular flexibility index (Phi) is 4.17. The zero-order valence-electron chi connectivity index (χ0n) is 9.42. The molecule has 94 valence electrons. The maximum atomic E-state index is 12.6. The third-order valence-electron chi connectivity index (χ3n) is 2.34. The van der Waals surface area contributed by atoms with Gasteiger partial charge >= 0.3 is 6.18 Å². The molecule has 17 heavy (non-hydrogen) atoms. The summed E-state index contributed by atoms with van der Waals surface area (Å²) in [4.78, 5) is 0. The van der Waals surface area contributed by atoms with Crippen molar-refractivity contribution in [1.29, 1.82) is 0 Å². The topological polar surface area (TPSA) is 35.2 Å². The fourth-order valence-corrected chi connectivity index (χ4v) is 1.43. The van der Waals surface area contributed by atoms with Gasteiger partial charge in [-0.25, -0.2) is 0 Å². The van der Waals surface area contributed by atoms with Crippen LogP contribution >= 0.6 is 0 Å². The van der Waals surface area contributed by atoms with E-state index in [4.69, 9.17) is 10.5 Å². The third kappa shape index (κ3) is 3.49. The molecular weight excluding hydrogens is 231 g/mol. The van der Waals surface area contributed by atoms with Crippen molar-refractivity contribution in [2.75, 3.05) is 7.11 Å². The van der Waals surface area contributed by atoms with Crippen molar-refractivity contribution in [2.45, 2.75) is 18.6 Å². The molecule has 0 spiro atoms. The van der Waals surface area contributed by atoms with Crippen LogP contribution in [0.15, 0.2) is 30.9 Å². The highest BCUT2D eigenvalue weighted by Gasteiger charge is 2.31. The lowest BCUT2D eigenvalue weighted by Crippen LogP contribution is -2.12. The fraction of sp³-hybridized carbons (Fsp3) is 0.333. The first-order chi connectivity index (χ1) is 7.88. The number of rotatable bonds is 4. The second-order valence-corrected chi connectivity index (χ2v) is 3.62. The molecule has 0 radical (unpaired) electrons. The molecule has 1 aromatic rings. The Morgan fingerprint density at radius 3 is 2.53 bits per heavy atom. The van der Waals surface area contributed by atoms with Crippen LogP contribution in [0.1, 0.15) is 23.6 Å². The van der Waals surface area contributed by atoms with Crippen molar-refractivity contribution in [3.63, 3.8) is 0 Å². The maximum absolute atomic E-state index is 12.6. The summed E-state index contributed by atoms with van der Waals surface area (Å²) in [7, 11) is 1.32. The van der Waals surface area contributed by atoms with Gasteiger partial charge < -0.3 is 10.5 Å². The average Bonchev–Trinajstić information content (AvgIpc) is 2.27. The van der Waals surface area contributed by atoms with E-state index in [0.29, 0.717) is 12.0 Å². The largest absolute Gasteiger partial charge is 0.497 e. The van der Waals surface area contributed by atoms with Gasteiger partial charge in [0.05, 0.1) is 12.7 Å². The van der Waals surface area contributed by atoms with Crippen molar-refractivity contribution in [3.8, 4) is 5.75 Å².